The van der Waals surface area contributed by atoms with Crippen molar-refractivity contribution in [2.75, 3.05) is 7.05 Å². The molecule has 2 nitrogen and oxygen atoms in total. The lowest BCUT2D eigenvalue weighted by Crippen LogP contribution is -2.19. The van der Waals surface area contributed by atoms with Crippen LogP contribution in [0, 0.1) is 5.92 Å². The van der Waals surface area contributed by atoms with E-state index in [0.717, 1.165) is 12.8 Å². The van der Waals surface area contributed by atoms with Crippen LogP contribution >= 0.6 is 11.3 Å². The molecule has 1 aliphatic carbocycles. The van der Waals surface area contributed by atoms with Gasteiger partial charge in [0, 0.05) is 16.5 Å². The number of hydrogen-bond donors (Lipinski definition) is 1. The summed E-state index contributed by atoms with van der Waals surface area (Å²) in [5.74, 6) is 0.708. The van der Waals surface area contributed by atoms with Crippen LogP contribution in [0.4, 0.5) is 0 Å². The van der Waals surface area contributed by atoms with Gasteiger partial charge in [-0.05, 0) is 44.2 Å². The number of hydrogen-bond acceptors (Lipinski definition) is 3. The molecule has 1 unspecified atom stereocenters. The van der Waals surface area contributed by atoms with Crippen molar-refractivity contribution in [3.63, 3.8) is 0 Å². The van der Waals surface area contributed by atoms with Crippen LogP contribution in [0.1, 0.15) is 48.9 Å². The average Bonchev–Trinajstić information content (AvgIpc) is 2.91. The predicted molar refractivity (Wildman–Crippen MR) is 90.8 cm³/mol. The molecule has 3 rings (SSSR count). The van der Waals surface area contributed by atoms with Crippen molar-refractivity contribution >= 4 is 11.3 Å². The maximum absolute atomic E-state index is 4.89. The van der Waals surface area contributed by atoms with E-state index in [1.54, 1.807) is 0 Å². The lowest BCUT2D eigenvalue weighted by molar-refractivity contribution is 0.501. The second-order valence-corrected chi connectivity index (χ2v) is 7.39. The summed E-state index contributed by atoms with van der Waals surface area (Å²) >= 11 is 1.87. The van der Waals surface area contributed by atoms with Crippen LogP contribution in [0.25, 0.3) is 10.6 Å². The minimum atomic E-state index is 0.500. The quantitative estimate of drug-likeness (QED) is 0.892. The van der Waals surface area contributed by atoms with E-state index in [9.17, 15) is 0 Å². The first kappa shape index (κ1) is 14.7. The van der Waals surface area contributed by atoms with Crippen LogP contribution in [-0.2, 0) is 12.8 Å². The molecular formula is C18H24N2S. The molecule has 0 aliphatic heterocycles. The van der Waals surface area contributed by atoms with Gasteiger partial charge < -0.3 is 5.32 Å². The second-order valence-electron chi connectivity index (χ2n) is 6.36. The van der Waals surface area contributed by atoms with Crippen LogP contribution in [0.2, 0.25) is 0 Å². The van der Waals surface area contributed by atoms with Gasteiger partial charge in [0.25, 0.3) is 0 Å². The highest BCUT2D eigenvalue weighted by Gasteiger charge is 2.23. The summed E-state index contributed by atoms with van der Waals surface area (Å²) in [7, 11) is 2.06. The molecular weight excluding hydrogens is 276 g/mol. The Morgan fingerprint density at radius 2 is 2.05 bits per heavy atom. The minimum absolute atomic E-state index is 0.500. The molecule has 21 heavy (non-hydrogen) atoms. The summed E-state index contributed by atoms with van der Waals surface area (Å²) in [6, 6.07) is 9.48. The summed E-state index contributed by atoms with van der Waals surface area (Å²) < 4.78 is 0. The zero-order valence-electron chi connectivity index (χ0n) is 13.1. The Balaban J connectivity index is 1.86. The van der Waals surface area contributed by atoms with Gasteiger partial charge in [0.15, 0.2) is 0 Å². The number of rotatable bonds is 4. The summed E-state index contributed by atoms with van der Waals surface area (Å²) in [5, 5.41) is 4.60. The molecule has 1 aromatic heterocycles. The largest absolute Gasteiger partial charge is 0.312 e. The third-order valence-corrected chi connectivity index (χ3v) is 5.40. The lowest BCUT2D eigenvalue weighted by atomic mass is 9.98. The SMILES string of the molecule is CNC1CCCc2nc(-c3ccc(CC(C)C)cc3)sc21. The van der Waals surface area contributed by atoms with Gasteiger partial charge in [0.05, 0.1) is 5.69 Å². The maximum atomic E-state index is 4.89. The number of aromatic nitrogens is 1. The molecule has 3 heteroatoms. The van der Waals surface area contributed by atoms with E-state index in [2.05, 4.69) is 50.5 Å². The molecule has 0 bridgehead atoms. The van der Waals surface area contributed by atoms with Crippen molar-refractivity contribution in [1.82, 2.24) is 10.3 Å². The summed E-state index contributed by atoms with van der Waals surface area (Å²) in [4.78, 5) is 6.34. The van der Waals surface area contributed by atoms with Crippen molar-refractivity contribution in [2.24, 2.45) is 5.92 Å². The third kappa shape index (κ3) is 3.19. The second kappa shape index (κ2) is 6.29. The normalized spacial score (nSPS) is 18.0. The zero-order valence-corrected chi connectivity index (χ0v) is 14.0. The lowest BCUT2D eigenvalue weighted by Gasteiger charge is -2.19. The predicted octanol–water partition coefficient (Wildman–Crippen LogP) is 4.61. The summed E-state index contributed by atoms with van der Waals surface area (Å²) in [6.45, 7) is 4.53. The Hall–Kier alpha value is -1.19. The Morgan fingerprint density at radius 1 is 1.29 bits per heavy atom. The van der Waals surface area contributed by atoms with Gasteiger partial charge in [-0.25, -0.2) is 4.98 Å². The van der Waals surface area contributed by atoms with Gasteiger partial charge >= 0.3 is 0 Å². The molecule has 1 aromatic carbocycles. The van der Waals surface area contributed by atoms with Gasteiger partial charge in [-0.1, -0.05) is 38.1 Å². The van der Waals surface area contributed by atoms with E-state index in [4.69, 9.17) is 4.98 Å². The minimum Gasteiger partial charge on any atom is -0.312 e. The number of thiazole rings is 1. The van der Waals surface area contributed by atoms with Crippen molar-refractivity contribution in [2.45, 2.75) is 45.6 Å². The molecule has 1 heterocycles. The molecule has 0 radical (unpaired) electrons. The van der Waals surface area contributed by atoms with Crippen LogP contribution < -0.4 is 5.32 Å². The van der Waals surface area contributed by atoms with E-state index in [1.807, 2.05) is 11.3 Å². The molecule has 1 atom stereocenters. The molecule has 112 valence electrons. The molecule has 1 aliphatic rings. The number of fused-ring (bicyclic) bond motifs is 1. The Kier molecular flexibility index (Phi) is 4.41. The van der Waals surface area contributed by atoms with Gasteiger partial charge in [-0.15, -0.1) is 11.3 Å². The monoisotopic (exact) mass is 300 g/mol. The molecule has 1 N–H and O–H groups in total. The smallest absolute Gasteiger partial charge is 0.123 e. The molecule has 0 saturated heterocycles. The average molecular weight is 300 g/mol. The Bertz CT molecular complexity index is 598. The first-order chi connectivity index (χ1) is 10.2. The fraction of sp³-hybridized carbons (Fsp3) is 0.500. The van der Waals surface area contributed by atoms with E-state index >= 15 is 0 Å². The molecule has 2 aromatic rings. The van der Waals surface area contributed by atoms with Crippen LogP contribution in [0.3, 0.4) is 0 Å². The van der Waals surface area contributed by atoms with Crippen LogP contribution in [0.15, 0.2) is 24.3 Å². The maximum Gasteiger partial charge on any atom is 0.123 e. The fourth-order valence-electron chi connectivity index (χ4n) is 3.07. The highest BCUT2D eigenvalue weighted by molar-refractivity contribution is 7.15. The van der Waals surface area contributed by atoms with E-state index in [0.29, 0.717) is 12.0 Å². The summed E-state index contributed by atoms with van der Waals surface area (Å²) in [5.41, 5.74) is 3.99. The number of benzene rings is 1. The Morgan fingerprint density at radius 3 is 2.71 bits per heavy atom. The molecule has 0 spiro atoms. The van der Waals surface area contributed by atoms with Crippen molar-refractivity contribution in [3.8, 4) is 10.6 Å². The first-order valence-electron chi connectivity index (χ1n) is 7.93. The van der Waals surface area contributed by atoms with Gasteiger partial charge in [-0.3, -0.25) is 0 Å². The van der Waals surface area contributed by atoms with Gasteiger partial charge in [-0.2, -0.15) is 0 Å². The number of nitrogens with zero attached hydrogens (tertiary/aromatic N) is 1. The topological polar surface area (TPSA) is 24.9 Å². The molecule has 0 fully saturated rings. The van der Waals surface area contributed by atoms with Crippen LogP contribution in [-0.4, -0.2) is 12.0 Å². The Labute approximate surface area is 131 Å². The molecule has 0 amide bonds. The van der Waals surface area contributed by atoms with Gasteiger partial charge in [0.2, 0.25) is 0 Å². The first-order valence-corrected chi connectivity index (χ1v) is 8.75. The van der Waals surface area contributed by atoms with Gasteiger partial charge in [0.1, 0.15) is 5.01 Å². The highest BCUT2D eigenvalue weighted by Crippen LogP contribution is 2.37. The highest BCUT2D eigenvalue weighted by atomic mass is 32.1. The van der Waals surface area contributed by atoms with E-state index in [-0.39, 0.29) is 0 Å². The fourth-order valence-corrected chi connectivity index (χ4v) is 4.33. The van der Waals surface area contributed by atoms with E-state index < -0.39 is 0 Å². The van der Waals surface area contributed by atoms with Crippen molar-refractivity contribution in [3.05, 3.63) is 40.4 Å². The number of aryl methyl sites for hydroxylation is 1. The zero-order chi connectivity index (χ0) is 14.8. The van der Waals surface area contributed by atoms with E-state index in [1.165, 1.54) is 39.5 Å². The van der Waals surface area contributed by atoms with Crippen molar-refractivity contribution < 1.29 is 0 Å². The standard InChI is InChI=1S/C18H24N2S/c1-12(2)11-13-7-9-14(10-8-13)18-20-16-6-4-5-15(19-3)17(16)21-18/h7-10,12,15,19H,4-6,11H2,1-3H3. The van der Waals surface area contributed by atoms with Crippen molar-refractivity contribution in [1.29, 1.82) is 0 Å². The summed E-state index contributed by atoms with van der Waals surface area (Å²) in [6.07, 6.45) is 4.76. The third-order valence-electron chi connectivity index (χ3n) is 4.14. The molecule has 0 saturated carbocycles. The van der Waals surface area contributed by atoms with Crippen LogP contribution in [0.5, 0.6) is 0 Å². The number of nitrogens with one attached hydrogen (secondary N) is 1.